The largest absolute Gasteiger partial charge is 0.392 e. The predicted molar refractivity (Wildman–Crippen MR) is 82.6 cm³/mol. The van der Waals surface area contributed by atoms with Crippen LogP contribution < -0.4 is 10.5 Å². The highest BCUT2D eigenvalue weighted by Crippen LogP contribution is 2.11. The van der Waals surface area contributed by atoms with E-state index >= 15 is 0 Å². The first-order valence-electron chi connectivity index (χ1n) is 6.87. The summed E-state index contributed by atoms with van der Waals surface area (Å²) in [6.07, 6.45) is 2.90. The summed E-state index contributed by atoms with van der Waals surface area (Å²) in [6.45, 7) is 7.47. The fourth-order valence-electron chi connectivity index (χ4n) is 2.40. The molecule has 0 aliphatic carbocycles. The van der Waals surface area contributed by atoms with Gasteiger partial charge in [-0.25, -0.2) is 13.1 Å². The van der Waals surface area contributed by atoms with Gasteiger partial charge in [-0.15, -0.1) is 0 Å². The van der Waals surface area contributed by atoms with Gasteiger partial charge in [0.25, 0.3) is 0 Å². The third kappa shape index (κ3) is 5.33. The SMILES string of the molecule is CCC(C(N)=S)S(=O)(=O)NCC(C)CN1CCCC1. The van der Waals surface area contributed by atoms with Gasteiger partial charge in [0.2, 0.25) is 10.0 Å². The number of nitrogens with one attached hydrogen (secondary N) is 1. The summed E-state index contributed by atoms with van der Waals surface area (Å²) in [5.74, 6) is 0.289. The van der Waals surface area contributed by atoms with E-state index in [1.165, 1.54) is 12.8 Å². The molecule has 7 heteroatoms. The second-order valence-electron chi connectivity index (χ2n) is 5.31. The zero-order valence-corrected chi connectivity index (χ0v) is 13.4. The molecule has 19 heavy (non-hydrogen) atoms. The number of thiocarbonyl (C=S) groups is 1. The Morgan fingerprint density at radius 1 is 1.42 bits per heavy atom. The number of hydrogen-bond acceptors (Lipinski definition) is 4. The van der Waals surface area contributed by atoms with Crippen molar-refractivity contribution in [2.24, 2.45) is 11.7 Å². The molecule has 2 unspecified atom stereocenters. The van der Waals surface area contributed by atoms with E-state index in [0.717, 1.165) is 19.6 Å². The molecule has 3 N–H and O–H groups in total. The van der Waals surface area contributed by atoms with Crippen molar-refractivity contribution >= 4 is 27.2 Å². The van der Waals surface area contributed by atoms with E-state index in [0.29, 0.717) is 13.0 Å². The molecule has 1 fully saturated rings. The van der Waals surface area contributed by atoms with Crippen LogP contribution in [0, 0.1) is 5.92 Å². The van der Waals surface area contributed by atoms with E-state index in [1.54, 1.807) is 6.92 Å². The molecule has 0 aromatic heterocycles. The molecule has 5 nitrogen and oxygen atoms in total. The zero-order chi connectivity index (χ0) is 14.5. The molecular weight excluding hydrogens is 282 g/mol. The van der Waals surface area contributed by atoms with E-state index in [-0.39, 0.29) is 10.9 Å². The molecule has 0 spiro atoms. The first kappa shape index (κ1) is 16.8. The summed E-state index contributed by atoms with van der Waals surface area (Å²) in [5, 5.41) is -0.763. The summed E-state index contributed by atoms with van der Waals surface area (Å²) < 4.78 is 26.7. The Labute approximate surface area is 122 Å². The molecular formula is C12H25N3O2S2. The van der Waals surface area contributed by atoms with Crippen LogP contribution in [0.25, 0.3) is 0 Å². The van der Waals surface area contributed by atoms with Crippen LogP contribution in [0.15, 0.2) is 0 Å². The van der Waals surface area contributed by atoms with Gasteiger partial charge in [-0.1, -0.05) is 26.1 Å². The molecule has 1 heterocycles. The molecule has 0 aromatic rings. The van der Waals surface area contributed by atoms with Gasteiger partial charge in [-0.2, -0.15) is 0 Å². The summed E-state index contributed by atoms with van der Waals surface area (Å²) in [4.78, 5) is 2.42. The van der Waals surface area contributed by atoms with E-state index in [9.17, 15) is 8.42 Å². The number of likely N-dealkylation sites (tertiary alicyclic amines) is 1. The number of sulfonamides is 1. The zero-order valence-electron chi connectivity index (χ0n) is 11.8. The van der Waals surface area contributed by atoms with Crippen molar-refractivity contribution in [1.82, 2.24) is 9.62 Å². The maximum Gasteiger partial charge on any atom is 0.221 e. The Morgan fingerprint density at radius 3 is 2.47 bits per heavy atom. The monoisotopic (exact) mass is 307 g/mol. The van der Waals surface area contributed by atoms with Gasteiger partial charge in [0.1, 0.15) is 5.25 Å². The van der Waals surface area contributed by atoms with Gasteiger partial charge in [-0.3, -0.25) is 0 Å². The van der Waals surface area contributed by atoms with Crippen LogP contribution in [-0.4, -0.2) is 49.7 Å². The molecule has 112 valence electrons. The topological polar surface area (TPSA) is 75.4 Å². The lowest BCUT2D eigenvalue weighted by Gasteiger charge is -2.22. The van der Waals surface area contributed by atoms with Gasteiger partial charge in [-0.05, 0) is 38.3 Å². The molecule has 1 aliphatic rings. The third-order valence-electron chi connectivity index (χ3n) is 3.46. The average molecular weight is 307 g/mol. The van der Waals surface area contributed by atoms with Gasteiger partial charge < -0.3 is 10.6 Å². The first-order chi connectivity index (χ1) is 8.86. The number of nitrogens with zero attached hydrogens (tertiary/aromatic N) is 1. The number of rotatable bonds is 8. The van der Waals surface area contributed by atoms with Gasteiger partial charge in [0.05, 0.1) is 4.99 Å². The van der Waals surface area contributed by atoms with Crippen LogP contribution in [0.4, 0.5) is 0 Å². The Bertz CT molecular complexity index is 392. The Balaban J connectivity index is 2.43. The quantitative estimate of drug-likeness (QED) is 0.646. The smallest absolute Gasteiger partial charge is 0.221 e. The second kappa shape index (κ2) is 7.52. The maximum absolute atomic E-state index is 12.1. The van der Waals surface area contributed by atoms with Gasteiger partial charge in [0.15, 0.2) is 0 Å². The van der Waals surface area contributed by atoms with Crippen LogP contribution in [0.2, 0.25) is 0 Å². The highest BCUT2D eigenvalue weighted by molar-refractivity contribution is 7.93. The van der Waals surface area contributed by atoms with Crippen molar-refractivity contribution in [3.8, 4) is 0 Å². The standard InChI is InChI=1S/C12H25N3O2S2/c1-3-11(12(13)18)19(16,17)14-8-10(2)9-15-6-4-5-7-15/h10-11,14H,3-9H2,1-2H3,(H2,13,18). The second-order valence-corrected chi connectivity index (χ2v) is 7.72. The lowest BCUT2D eigenvalue weighted by atomic mass is 10.2. The third-order valence-corrected chi connectivity index (χ3v) is 5.80. The first-order valence-corrected chi connectivity index (χ1v) is 8.82. The fraction of sp³-hybridized carbons (Fsp3) is 0.917. The molecule has 2 atom stereocenters. The Hall–Kier alpha value is -0.240. The molecule has 0 radical (unpaired) electrons. The minimum Gasteiger partial charge on any atom is -0.392 e. The van der Waals surface area contributed by atoms with E-state index in [4.69, 9.17) is 18.0 Å². The lowest BCUT2D eigenvalue weighted by Crippen LogP contribution is -2.44. The average Bonchev–Trinajstić information content (AvgIpc) is 2.79. The maximum atomic E-state index is 12.1. The minimum absolute atomic E-state index is 0.0437. The highest BCUT2D eigenvalue weighted by Gasteiger charge is 2.26. The summed E-state index contributed by atoms with van der Waals surface area (Å²) in [7, 11) is -3.44. The fourth-order valence-corrected chi connectivity index (χ4v) is 4.41. The van der Waals surface area contributed by atoms with Gasteiger partial charge >= 0.3 is 0 Å². The van der Waals surface area contributed by atoms with Crippen LogP contribution in [0.1, 0.15) is 33.1 Å². The van der Waals surface area contributed by atoms with Crippen molar-refractivity contribution in [2.45, 2.75) is 38.4 Å². The van der Waals surface area contributed by atoms with Crippen molar-refractivity contribution < 1.29 is 8.42 Å². The Kier molecular flexibility index (Phi) is 6.65. The van der Waals surface area contributed by atoms with Crippen molar-refractivity contribution in [2.75, 3.05) is 26.2 Å². The van der Waals surface area contributed by atoms with Crippen molar-refractivity contribution in [1.29, 1.82) is 0 Å². The number of nitrogens with two attached hydrogens (primary N) is 1. The molecule has 1 saturated heterocycles. The lowest BCUT2D eigenvalue weighted by molar-refractivity contribution is 0.288. The molecule has 0 aromatic carbocycles. The Morgan fingerprint density at radius 2 is 2.00 bits per heavy atom. The van der Waals surface area contributed by atoms with E-state index < -0.39 is 15.3 Å². The van der Waals surface area contributed by atoms with Crippen LogP contribution in [-0.2, 0) is 10.0 Å². The predicted octanol–water partition coefficient (Wildman–Crippen LogP) is 0.702. The molecule has 0 saturated carbocycles. The molecule has 0 bridgehead atoms. The molecule has 0 amide bonds. The van der Waals surface area contributed by atoms with Crippen LogP contribution >= 0.6 is 12.2 Å². The highest BCUT2D eigenvalue weighted by atomic mass is 32.2. The van der Waals surface area contributed by atoms with E-state index in [2.05, 4.69) is 16.5 Å². The minimum atomic E-state index is -3.44. The van der Waals surface area contributed by atoms with E-state index in [1.807, 2.05) is 0 Å². The van der Waals surface area contributed by atoms with Crippen LogP contribution in [0.3, 0.4) is 0 Å². The normalized spacial score (nSPS) is 20.3. The molecule has 1 rings (SSSR count). The molecule has 1 aliphatic heterocycles. The number of hydrogen-bond donors (Lipinski definition) is 2. The summed E-state index contributed by atoms with van der Waals surface area (Å²) >= 11 is 4.81. The van der Waals surface area contributed by atoms with Crippen molar-refractivity contribution in [3.63, 3.8) is 0 Å². The van der Waals surface area contributed by atoms with Crippen LogP contribution in [0.5, 0.6) is 0 Å². The summed E-state index contributed by atoms with van der Waals surface area (Å²) in [6, 6.07) is 0. The van der Waals surface area contributed by atoms with Crippen molar-refractivity contribution in [3.05, 3.63) is 0 Å². The van der Waals surface area contributed by atoms with Gasteiger partial charge in [0, 0.05) is 13.1 Å². The summed E-state index contributed by atoms with van der Waals surface area (Å²) in [5.41, 5.74) is 5.48.